The fourth-order valence-corrected chi connectivity index (χ4v) is 2.67. The molecule has 0 spiro atoms. The lowest BCUT2D eigenvalue weighted by molar-refractivity contribution is -0.127. The topological polar surface area (TPSA) is 62.2 Å². The second kappa shape index (κ2) is 9.30. The Hall–Kier alpha value is -2.05. The van der Waals surface area contributed by atoms with Crippen LogP contribution in [0, 0.1) is 0 Å². The molecular weight excluding hydrogens is 308 g/mol. The zero-order valence-electron chi connectivity index (χ0n) is 14.4. The van der Waals surface area contributed by atoms with Crippen LogP contribution in [0.25, 0.3) is 6.08 Å². The second-order valence-corrected chi connectivity index (χ2v) is 5.57. The highest BCUT2D eigenvalue weighted by atomic mass is 16.5. The number of ether oxygens (including phenoxy) is 2. The summed E-state index contributed by atoms with van der Waals surface area (Å²) in [6, 6.07) is 5.60. The number of β-amino-alcohol motifs (C(OH)–C–C–N with tert-alkyl or cyclic N) is 1. The molecule has 1 aromatic rings. The van der Waals surface area contributed by atoms with Gasteiger partial charge in [0.15, 0.2) is 11.5 Å². The molecule has 1 aliphatic heterocycles. The Morgan fingerprint density at radius 3 is 2.62 bits per heavy atom. The fraction of sp³-hybridized carbons (Fsp3) is 0.500. The summed E-state index contributed by atoms with van der Waals surface area (Å²) in [5.41, 5.74) is 0.891. The minimum Gasteiger partial charge on any atom is -0.493 e. The van der Waals surface area contributed by atoms with Crippen molar-refractivity contribution in [3.8, 4) is 11.5 Å². The number of carbonyl (C=O) groups excluding carboxylic acids is 1. The maximum absolute atomic E-state index is 12.3. The number of carbonyl (C=O) groups is 1. The zero-order chi connectivity index (χ0) is 17.4. The monoisotopic (exact) mass is 334 g/mol. The van der Waals surface area contributed by atoms with Crippen LogP contribution < -0.4 is 9.47 Å². The molecule has 1 N–H and O–H groups in total. The number of nitrogens with zero attached hydrogens (tertiary/aromatic N) is 2. The van der Waals surface area contributed by atoms with Gasteiger partial charge in [-0.2, -0.15) is 0 Å². The lowest BCUT2D eigenvalue weighted by Crippen LogP contribution is -2.48. The first-order valence-corrected chi connectivity index (χ1v) is 8.29. The standard InChI is InChI=1S/C18H26N2O4/c1-3-24-16-6-4-15(14-17(16)23-2)5-7-18(22)20-10-8-19(9-11-20)12-13-21/h4-7,14,21H,3,8-13H2,1-2H3/b7-5+. The lowest BCUT2D eigenvalue weighted by atomic mass is 10.2. The Balaban J connectivity index is 1.94. The van der Waals surface area contributed by atoms with Crippen molar-refractivity contribution in [2.24, 2.45) is 0 Å². The molecule has 1 saturated heterocycles. The molecule has 132 valence electrons. The van der Waals surface area contributed by atoms with Crippen molar-refractivity contribution in [1.29, 1.82) is 0 Å². The molecule has 0 bridgehead atoms. The summed E-state index contributed by atoms with van der Waals surface area (Å²) in [6.45, 7) is 6.31. The van der Waals surface area contributed by atoms with Crippen LogP contribution in [0.15, 0.2) is 24.3 Å². The summed E-state index contributed by atoms with van der Waals surface area (Å²) in [7, 11) is 1.60. The number of amides is 1. The SMILES string of the molecule is CCOc1ccc(/C=C/C(=O)N2CCN(CCO)CC2)cc1OC. The summed E-state index contributed by atoms with van der Waals surface area (Å²) in [6.07, 6.45) is 3.39. The first-order chi connectivity index (χ1) is 11.7. The maximum Gasteiger partial charge on any atom is 0.246 e. The van der Waals surface area contributed by atoms with Gasteiger partial charge in [-0.3, -0.25) is 9.69 Å². The number of methoxy groups -OCH3 is 1. The van der Waals surface area contributed by atoms with E-state index in [4.69, 9.17) is 14.6 Å². The van der Waals surface area contributed by atoms with Gasteiger partial charge in [0.05, 0.1) is 20.3 Å². The minimum absolute atomic E-state index is 0.00602. The van der Waals surface area contributed by atoms with E-state index in [0.29, 0.717) is 37.7 Å². The molecule has 1 amide bonds. The summed E-state index contributed by atoms with van der Waals surface area (Å²) in [4.78, 5) is 16.3. The van der Waals surface area contributed by atoms with E-state index in [0.717, 1.165) is 18.7 Å². The molecule has 1 heterocycles. The molecule has 0 radical (unpaired) electrons. The van der Waals surface area contributed by atoms with Crippen LogP contribution in [0.4, 0.5) is 0 Å². The van der Waals surface area contributed by atoms with Gasteiger partial charge in [-0.15, -0.1) is 0 Å². The third kappa shape index (κ3) is 4.97. The van der Waals surface area contributed by atoms with Gasteiger partial charge in [-0.1, -0.05) is 6.07 Å². The first kappa shape index (κ1) is 18.3. The molecule has 2 rings (SSSR count). The average Bonchev–Trinajstić information content (AvgIpc) is 2.61. The van der Waals surface area contributed by atoms with Gasteiger partial charge in [-0.05, 0) is 30.7 Å². The molecule has 0 aliphatic carbocycles. The van der Waals surface area contributed by atoms with Crippen LogP contribution in [0.1, 0.15) is 12.5 Å². The second-order valence-electron chi connectivity index (χ2n) is 5.57. The fourth-order valence-electron chi connectivity index (χ4n) is 2.67. The van der Waals surface area contributed by atoms with Gasteiger partial charge in [0.1, 0.15) is 0 Å². The van der Waals surface area contributed by atoms with Crippen molar-refractivity contribution in [2.45, 2.75) is 6.92 Å². The molecule has 24 heavy (non-hydrogen) atoms. The summed E-state index contributed by atoms with van der Waals surface area (Å²) < 4.78 is 10.8. The van der Waals surface area contributed by atoms with Gasteiger partial charge < -0.3 is 19.5 Å². The number of hydrogen-bond acceptors (Lipinski definition) is 5. The third-order valence-corrected chi connectivity index (χ3v) is 4.01. The van der Waals surface area contributed by atoms with E-state index in [1.807, 2.05) is 30.0 Å². The molecule has 6 heteroatoms. The quantitative estimate of drug-likeness (QED) is 0.760. The minimum atomic E-state index is 0.00602. The van der Waals surface area contributed by atoms with Crippen LogP contribution in [-0.2, 0) is 4.79 Å². The van der Waals surface area contributed by atoms with Gasteiger partial charge in [0, 0.05) is 38.8 Å². The van der Waals surface area contributed by atoms with E-state index in [1.54, 1.807) is 19.3 Å². The number of benzene rings is 1. The van der Waals surface area contributed by atoms with Crippen molar-refractivity contribution in [3.05, 3.63) is 29.8 Å². The van der Waals surface area contributed by atoms with Gasteiger partial charge in [0.2, 0.25) is 5.91 Å². The highest BCUT2D eigenvalue weighted by Gasteiger charge is 2.18. The highest BCUT2D eigenvalue weighted by molar-refractivity contribution is 5.92. The van der Waals surface area contributed by atoms with Gasteiger partial charge in [-0.25, -0.2) is 0 Å². The lowest BCUT2D eigenvalue weighted by Gasteiger charge is -2.33. The summed E-state index contributed by atoms with van der Waals surface area (Å²) in [5, 5.41) is 8.95. The van der Waals surface area contributed by atoms with Gasteiger partial charge in [0.25, 0.3) is 0 Å². The molecule has 1 aliphatic rings. The molecule has 6 nitrogen and oxygen atoms in total. The maximum atomic E-state index is 12.3. The van der Waals surface area contributed by atoms with E-state index >= 15 is 0 Å². The normalized spacial score (nSPS) is 15.7. The van der Waals surface area contributed by atoms with Crippen LogP contribution in [0.2, 0.25) is 0 Å². The van der Waals surface area contributed by atoms with Crippen LogP contribution in [0.3, 0.4) is 0 Å². The van der Waals surface area contributed by atoms with Crippen molar-refractivity contribution in [3.63, 3.8) is 0 Å². The van der Waals surface area contributed by atoms with Crippen molar-refractivity contribution < 1.29 is 19.4 Å². The number of rotatable bonds is 7. The smallest absolute Gasteiger partial charge is 0.246 e. The Bertz CT molecular complexity index is 566. The number of piperazine rings is 1. The molecular formula is C18H26N2O4. The predicted molar refractivity (Wildman–Crippen MR) is 93.3 cm³/mol. The molecule has 0 unspecified atom stereocenters. The molecule has 0 saturated carbocycles. The molecule has 0 atom stereocenters. The van der Waals surface area contributed by atoms with E-state index in [2.05, 4.69) is 4.90 Å². The molecule has 1 aromatic carbocycles. The summed E-state index contributed by atoms with van der Waals surface area (Å²) in [5.74, 6) is 1.36. The van der Waals surface area contributed by atoms with E-state index in [9.17, 15) is 4.79 Å². The predicted octanol–water partition coefficient (Wildman–Crippen LogP) is 1.24. The highest BCUT2D eigenvalue weighted by Crippen LogP contribution is 2.28. The molecule has 1 fully saturated rings. The Morgan fingerprint density at radius 1 is 1.25 bits per heavy atom. The van der Waals surface area contributed by atoms with Crippen LogP contribution in [-0.4, -0.2) is 73.9 Å². The zero-order valence-corrected chi connectivity index (χ0v) is 14.4. The Labute approximate surface area is 143 Å². The first-order valence-electron chi connectivity index (χ1n) is 8.29. The Kier molecular flexibility index (Phi) is 7.08. The average molecular weight is 334 g/mol. The third-order valence-electron chi connectivity index (χ3n) is 4.01. The van der Waals surface area contributed by atoms with E-state index < -0.39 is 0 Å². The number of hydrogen-bond donors (Lipinski definition) is 1. The number of aliphatic hydroxyl groups is 1. The van der Waals surface area contributed by atoms with E-state index in [-0.39, 0.29) is 12.5 Å². The van der Waals surface area contributed by atoms with Crippen molar-refractivity contribution in [2.75, 3.05) is 53.0 Å². The van der Waals surface area contributed by atoms with E-state index in [1.165, 1.54) is 0 Å². The van der Waals surface area contributed by atoms with Crippen molar-refractivity contribution in [1.82, 2.24) is 9.80 Å². The van der Waals surface area contributed by atoms with Crippen LogP contribution in [0.5, 0.6) is 11.5 Å². The Morgan fingerprint density at radius 2 is 2.00 bits per heavy atom. The van der Waals surface area contributed by atoms with Crippen molar-refractivity contribution >= 4 is 12.0 Å². The largest absolute Gasteiger partial charge is 0.493 e. The number of aliphatic hydroxyl groups excluding tert-OH is 1. The van der Waals surface area contributed by atoms with Crippen LogP contribution >= 0.6 is 0 Å². The summed E-state index contributed by atoms with van der Waals surface area (Å²) >= 11 is 0. The van der Waals surface area contributed by atoms with Gasteiger partial charge >= 0.3 is 0 Å². The molecule has 0 aromatic heterocycles.